The lowest BCUT2D eigenvalue weighted by Gasteiger charge is -2.39. The number of hydrogen-bond acceptors (Lipinski definition) is 7. The van der Waals surface area contributed by atoms with Gasteiger partial charge < -0.3 is 29.3 Å². The average Bonchev–Trinajstić information content (AvgIpc) is 3.80. The van der Waals surface area contributed by atoms with Gasteiger partial charge in [-0.15, -0.1) is 0 Å². The summed E-state index contributed by atoms with van der Waals surface area (Å²) >= 11 is 0. The molecule has 1 aliphatic carbocycles. The zero-order chi connectivity index (χ0) is 27.2. The molecule has 3 aromatic rings. The molecule has 1 saturated heterocycles. The predicted octanol–water partition coefficient (Wildman–Crippen LogP) is 4.16. The largest absolute Gasteiger partial charge is 0.493 e. The van der Waals surface area contributed by atoms with Crippen LogP contribution in [0, 0.1) is 5.92 Å². The van der Waals surface area contributed by atoms with E-state index in [0.717, 1.165) is 17.0 Å². The summed E-state index contributed by atoms with van der Waals surface area (Å²) in [6, 6.07) is 18.0. The van der Waals surface area contributed by atoms with Gasteiger partial charge in [0, 0.05) is 50.4 Å². The van der Waals surface area contributed by atoms with E-state index in [2.05, 4.69) is 29.2 Å². The van der Waals surface area contributed by atoms with Crippen LogP contribution in [0.3, 0.4) is 0 Å². The molecule has 0 unspecified atom stereocenters. The Morgan fingerprint density at radius 2 is 1.69 bits per heavy atom. The van der Waals surface area contributed by atoms with Crippen molar-refractivity contribution in [1.82, 2.24) is 9.88 Å². The number of hydrogen-bond donors (Lipinski definition) is 2. The average molecular weight is 533 g/mol. The molecule has 8 heteroatoms. The van der Waals surface area contributed by atoms with Crippen LogP contribution in [0.15, 0.2) is 60.8 Å². The lowest BCUT2D eigenvalue weighted by atomic mass is 9.91. The van der Waals surface area contributed by atoms with E-state index in [4.69, 9.17) is 14.2 Å². The first-order valence-electron chi connectivity index (χ1n) is 13.6. The third-order valence-corrected chi connectivity index (χ3v) is 7.51. The Labute approximate surface area is 229 Å². The number of ether oxygens (including phenoxy) is 3. The van der Waals surface area contributed by atoms with Gasteiger partial charge in [-0.2, -0.15) is 0 Å². The van der Waals surface area contributed by atoms with Crippen molar-refractivity contribution >= 4 is 5.91 Å². The van der Waals surface area contributed by atoms with E-state index in [-0.39, 0.29) is 31.0 Å². The molecule has 1 saturated carbocycles. The Balaban J connectivity index is 1.13. The van der Waals surface area contributed by atoms with Crippen molar-refractivity contribution in [2.45, 2.75) is 37.7 Å². The molecule has 0 radical (unpaired) electrons. The molecular formula is C31H36N2O6. The monoisotopic (exact) mass is 532 g/mol. The van der Waals surface area contributed by atoms with Crippen LogP contribution in [0.1, 0.15) is 58.3 Å². The first-order valence-corrected chi connectivity index (χ1v) is 13.6. The van der Waals surface area contributed by atoms with Crippen molar-refractivity contribution in [3.8, 4) is 17.2 Å². The fourth-order valence-electron chi connectivity index (χ4n) is 4.74. The molecule has 1 aliphatic heterocycles. The number of methoxy groups -OCH3 is 1. The molecule has 2 heterocycles. The molecule has 2 aromatic carbocycles. The van der Waals surface area contributed by atoms with Crippen molar-refractivity contribution in [2.24, 2.45) is 5.92 Å². The molecular weight excluding hydrogens is 496 g/mol. The van der Waals surface area contributed by atoms with Crippen LogP contribution in [0.2, 0.25) is 0 Å². The highest BCUT2D eigenvalue weighted by Gasteiger charge is 2.33. The Morgan fingerprint density at radius 1 is 0.949 bits per heavy atom. The number of pyridine rings is 1. The second-order valence-corrected chi connectivity index (χ2v) is 10.4. The van der Waals surface area contributed by atoms with E-state index in [1.807, 2.05) is 18.2 Å². The first-order chi connectivity index (χ1) is 19.1. The van der Waals surface area contributed by atoms with Crippen LogP contribution < -0.4 is 14.2 Å². The minimum Gasteiger partial charge on any atom is -0.493 e. The zero-order valence-corrected chi connectivity index (χ0v) is 22.3. The second kappa shape index (κ2) is 12.5. The van der Waals surface area contributed by atoms with Gasteiger partial charge in [-0.05, 0) is 60.1 Å². The molecule has 2 aliphatic rings. The highest BCUT2D eigenvalue weighted by Crippen LogP contribution is 2.40. The highest BCUT2D eigenvalue weighted by atomic mass is 16.5. The van der Waals surface area contributed by atoms with Crippen LogP contribution in [-0.2, 0) is 6.61 Å². The third-order valence-electron chi connectivity index (χ3n) is 7.51. The molecule has 8 nitrogen and oxygen atoms in total. The standard InChI is InChI=1S/C31H36N2O6/c1-37-30-14-25(8-9-29(30)39-20-21-2-4-23(5-3-21)24-6-7-24)26-16-33(17-26)31(36)28-15-27(10-12-32-28)38-13-11-22(18-34)19-35/h2-5,8-10,12,14-15,22,24,26,34-35H,6-7,11,13,16-20H2,1H3. The van der Waals surface area contributed by atoms with Crippen LogP contribution in [0.5, 0.6) is 17.2 Å². The van der Waals surface area contributed by atoms with Crippen molar-refractivity contribution in [1.29, 1.82) is 0 Å². The molecule has 0 bridgehead atoms. The van der Waals surface area contributed by atoms with Gasteiger partial charge in [0.25, 0.3) is 5.91 Å². The smallest absolute Gasteiger partial charge is 0.272 e. The van der Waals surface area contributed by atoms with Gasteiger partial charge in [0.15, 0.2) is 11.5 Å². The van der Waals surface area contributed by atoms with Crippen LogP contribution >= 0.6 is 0 Å². The molecule has 0 spiro atoms. The van der Waals surface area contributed by atoms with E-state index in [1.165, 1.54) is 18.4 Å². The van der Waals surface area contributed by atoms with Crippen molar-refractivity contribution in [3.05, 3.63) is 83.2 Å². The number of carbonyl (C=O) groups is 1. The highest BCUT2D eigenvalue weighted by molar-refractivity contribution is 5.93. The fraction of sp³-hybridized carbons (Fsp3) is 0.419. The fourth-order valence-corrected chi connectivity index (χ4v) is 4.74. The first kappa shape index (κ1) is 27.0. The van der Waals surface area contributed by atoms with Crippen LogP contribution in [0.25, 0.3) is 0 Å². The summed E-state index contributed by atoms with van der Waals surface area (Å²) in [5.41, 5.74) is 3.97. The minimum absolute atomic E-state index is 0.0909. The van der Waals surface area contributed by atoms with Gasteiger partial charge in [-0.3, -0.25) is 9.78 Å². The molecule has 1 amide bonds. The normalized spacial score (nSPS) is 15.2. The molecule has 2 fully saturated rings. The maximum absolute atomic E-state index is 13.0. The van der Waals surface area contributed by atoms with Crippen molar-refractivity contribution in [3.63, 3.8) is 0 Å². The van der Waals surface area contributed by atoms with E-state index in [0.29, 0.717) is 55.7 Å². The minimum atomic E-state index is -0.214. The van der Waals surface area contributed by atoms with Crippen LogP contribution in [-0.4, -0.2) is 66.0 Å². The topological polar surface area (TPSA) is 101 Å². The number of aliphatic hydroxyl groups is 2. The quantitative estimate of drug-likeness (QED) is 0.341. The second-order valence-electron chi connectivity index (χ2n) is 10.4. The molecule has 5 rings (SSSR count). The summed E-state index contributed by atoms with van der Waals surface area (Å²) in [5.74, 6) is 2.52. The Kier molecular flexibility index (Phi) is 8.64. The van der Waals surface area contributed by atoms with Gasteiger partial charge in [0.05, 0.1) is 13.7 Å². The van der Waals surface area contributed by atoms with E-state index < -0.39 is 0 Å². The summed E-state index contributed by atoms with van der Waals surface area (Å²) in [4.78, 5) is 19.0. The molecule has 1 aromatic heterocycles. The van der Waals surface area contributed by atoms with Gasteiger partial charge >= 0.3 is 0 Å². The van der Waals surface area contributed by atoms with Gasteiger partial charge in [-0.25, -0.2) is 0 Å². The van der Waals surface area contributed by atoms with E-state index in [9.17, 15) is 15.0 Å². The molecule has 0 atom stereocenters. The maximum atomic E-state index is 13.0. The van der Waals surface area contributed by atoms with Gasteiger partial charge in [-0.1, -0.05) is 30.3 Å². The lowest BCUT2D eigenvalue weighted by molar-refractivity contribution is 0.0595. The number of nitrogens with zero attached hydrogens (tertiary/aromatic N) is 2. The van der Waals surface area contributed by atoms with Crippen molar-refractivity contribution < 1.29 is 29.2 Å². The summed E-state index contributed by atoms with van der Waals surface area (Å²) in [5, 5.41) is 18.4. The van der Waals surface area contributed by atoms with E-state index >= 15 is 0 Å². The Hall–Kier alpha value is -3.62. The van der Waals surface area contributed by atoms with Crippen LogP contribution in [0.4, 0.5) is 0 Å². The number of aromatic nitrogens is 1. The number of aliphatic hydroxyl groups excluding tert-OH is 2. The summed E-state index contributed by atoms with van der Waals surface area (Å²) < 4.78 is 17.4. The SMILES string of the molecule is COc1cc(C2CN(C(=O)c3cc(OCCC(CO)CO)ccn3)C2)ccc1OCc1ccc(C2CC2)cc1. The lowest BCUT2D eigenvalue weighted by Crippen LogP contribution is -2.48. The zero-order valence-electron chi connectivity index (χ0n) is 22.3. The van der Waals surface area contributed by atoms with E-state index in [1.54, 1.807) is 30.3 Å². The summed E-state index contributed by atoms with van der Waals surface area (Å²) in [6.45, 7) is 1.82. The summed E-state index contributed by atoms with van der Waals surface area (Å²) in [7, 11) is 1.64. The molecule has 39 heavy (non-hydrogen) atoms. The van der Waals surface area contributed by atoms with Gasteiger partial charge in [0.2, 0.25) is 0 Å². The number of carbonyl (C=O) groups excluding carboxylic acids is 1. The number of amides is 1. The third kappa shape index (κ3) is 6.69. The predicted molar refractivity (Wildman–Crippen MR) is 146 cm³/mol. The number of likely N-dealkylation sites (tertiary alicyclic amines) is 1. The maximum Gasteiger partial charge on any atom is 0.272 e. The molecule has 206 valence electrons. The number of rotatable bonds is 13. The molecule has 2 N–H and O–H groups in total. The Morgan fingerprint density at radius 3 is 2.38 bits per heavy atom. The Bertz CT molecular complexity index is 1250. The number of benzene rings is 2. The summed E-state index contributed by atoms with van der Waals surface area (Å²) in [6.07, 6.45) is 4.67. The van der Waals surface area contributed by atoms with Gasteiger partial charge in [0.1, 0.15) is 18.1 Å². The van der Waals surface area contributed by atoms with Crippen molar-refractivity contribution in [2.75, 3.05) is 40.0 Å².